The SMILES string of the molecule is CC[C@H](C)NC(=O)CSC1=Nc2ccccc2C2=N[C@H](CC(=O)N3CCN(c4ccccc4)CC3)C(=O)N12. The third kappa shape index (κ3) is 5.45. The van der Waals surface area contributed by atoms with Crippen LogP contribution in [-0.2, 0) is 14.4 Å². The third-order valence-corrected chi connectivity index (χ3v) is 7.96. The van der Waals surface area contributed by atoms with Crippen LogP contribution >= 0.6 is 11.8 Å². The number of aliphatic imine (C=N–C) groups is 2. The number of carbonyl (C=O) groups is 3. The van der Waals surface area contributed by atoms with Gasteiger partial charge in [0.25, 0.3) is 5.91 Å². The monoisotopic (exact) mass is 532 g/mol. The molecule has 10 heteroatoms. The van der Waals surface area contributed by atoms with Crippen LogP contribution in [0, 0.1) is 0 Å². The Labute approximate surface area is 227 Å². The fraction of sp³-hybridized carbons (Fsp3) is 0.393. The van der Waals surface area contributed by atoms with Crippen LogP contribution in [0.3, 0.4) is 0 Å². The maximum atomic E-state index is 13.5. The lowest BCUT2D eigenvalue weighted by Crippen LogP contribution is -2.50. The van der Waals surface area contributed by atoms with Gasteiger partial charge in [-0.15, -0.1) is 0 Å². The van der Waals surface area contributed by atoms with Crippen LogP contribution in [0.15, 0.2) is 64.6 Å². The Balaban J connectivity index is 1.26. The van der Waals surface area contributed by atoms with Crippen molar-refractivity contribution in [3.63, 3.8) is 0 Å². The van der Waals surface area contributed by atoms with E-state index in [-0.39, 0.29) is 35.9 Å². The first-order chi connectivity index (χ1) is 18.4. The number of fused-ring (bicyclic) bond motifs is 3. The predicted molar refractivity (Wildman–Crippen MR) is 151 cm³/mol. The summed E-state index contributed by atoms with van der Waals surface area (Å²) in [6, 6.07) is 16.9. The fourth-order valence-corrected chi connectivity index (χ4v) is 5.54. The summed E-state index contributed by atoms with van der Waals surface area (Å²) in [6.45, 7) is 6.66. The lowest BCUT2D eigenvalue weighted by molar-refractivity contribution is -0.135. The van der Waals surface area contributed by atoms with Crippen LogP contribution in [0.2, 0.25) is 0 Å². The molecule has 198 valence electrons. The van der Waals surface area contributed by atoms with Crippen molar-refractivity contribution in [2.24, 2.45) is 9.98 Å². The van der Waals surface area contributed by atoms with Gasteiger partial charge in [0.05, 0.1) is 17.9 Å². The number of carbonyl (C=O) groups excluding carboxylic acids is 3. The lowest BCUT2D eigenvalue weighted by atomic mass is 10.1. The topological polar surface area (TPSA) is 97.7 Å². The summed E-state index contributed by atoms with van der Waals surface area (Å²) in [4.78, 5) is 54.1. The maximum Gasteiger partial charge on any atom is 0.259 e. The molecule has 2 aromatic rings. The summed E-state index contributed by atoms with van der Waals surface area (Å²) < 4.78 is 0. The standard InChI is InChI=1S/C28H32N6O3S/c1-3-19(2)29-24(35)18-38-28-31-22-12-8-7-11-21(22)26-30-23(27(37)34(26)28)17-25(36)33-15-13-32(14-16-33)20-9-5-4-6-10-20/h4-12,19,23H,3,13-18H2,1-2H3,(H,29,35)/t19-,23+/m0/s1. The van der Waals surface area contributed by atoms with E-state index >= 15 is 0 Å². The van der Waals surface area contributed by atoms with E-state index in [1.807, 2.05) is 61.2 Å². The molecule has 9 nitrogen and oxygen atoms in total. The van der Waals surface area contributed by atoms with E-state index in [9.17, 15) is 14.4 Å². The summed E-state index contributed by atoms with van der Waals surface area (Å²) in [5.74, 6) is 0.166. The number of piperazine rings is 1. The predicted octanol–water partition coefficient (Wildman–Crippen LogP) is 3.03. The molecule has 0 aliphatic carbocycles. The molecule has 2 aromatic carbocycles. The molecule has 5 rings (SSSR count). The molecular weight excluding hydrogens is 500 g/mol. The van der Waals surface area contributed by atoms with Crippen molar-refractivity contribution < 1.29 is 14.4 Å². The molecule has 0 unspecified atom stereocenters. The Morgan fingerprint density at radius 2 is 1.76 bits per heavy atom. The smallest absolute Gasteiger partial charge is 0.259 e. The van der Waals surface area contributed by atoms with E-state index in [1.165, 1.54) is 16.7 Å². The zero-order valence-electron chi connectivity index (χ0n) is 21.7. The van der Waals surface area contributed by atoms with Crippen LogP contribution < -0.4 is 10.2 Å². The second-order valence-corrected chi connectivity index (χ2v) is 10.6. The highest BCUT2D eigenvalue weighted by Gasteiger charge is 2.42. The highest BCUT2D eigenvalue weighted by Crippen LogP contribution is 2.34. The molecule has 1 fully saturated rings. The highest BCUT2D eigenvalue weighted by molar-refractivity contribution is 8.14. The lowest BCUT2D eigenvalue weighted by Gasteiger charge is -2.36. The van der Waals surface area contributed by atoms with Crippen LogP contribution in [0.5, 0.6) is 0 Å². The second-order valence-electron chi connectivity index (χ2n) is 9.63. The number of anilines is 1. The first-order valence-corrected chi connectivity index (χ1v) is 14.0. The van der Waals surface area contributed by atoms with Gasteiger partial charge >= 0.3 is 0 Å². The van der Waals surface area contributed by atoms with Gasteiger partial charge in [-0.3, -0.25) is 19.4 Å². The molecule has 1 N–H and O–H groups in total. The Morgan fingerprint density at radius 1 is 1.05 bits per heavy atom. The van der Waals surface area contributed by atoms with Crippen molar-refractivity contribution in [3.8, 4) is 0 Å². The molecule has 2 atom stereocenters. The first kappa shape index (κ1) is 26.0. The fourth-order valence-electron chi connectivity index (χ4n) is 4.73. The molecule has 0 spiro atoms. The van der Waals surface area contributed by atoms with E-state index in [0.29, 0.717) is 29.8 Å². The molecule has 38 heavy (non-hydrogen) atoms. The van der Waals surface area contributed by atoms with Gasteiger partial charge in [0.15, 0.2) is 5.17 Å². The van der Waals surface area contributed by atoms with Crippen LogP contribution in [-0.4, -0.2) is 82.5 Å². The zero-order chi connectivity index (χ0) is 26.6. The van der Waals surface area contributed by atoms with Crippen molar-refractivity contribution in [1.29, 1.82) is 0 Å². The van der Waals surface area contributed by atoms with Crippen molar-refractivity contribution in [2.45, 2.75) is 38.8 Å². The minimum atomic E-state index is -0.810. The maximum absolute atomic E-state index is 13.5. The summed E-state index contributed by atoms with van der Waals surface area (Å²) in [5, 5.41) is 3.36. The minimum absolute atomic E-state index is 0.0127. The van der Waals surface area contributed by atoms with Gasteiger partial charge in [-0.2, -0.15) is 0 Å². The van der Waals surface area contributed by atoms with E-state index in [2.05, 4.69) is 27.3 Å². The van der Waals surface area contributed by atoms with Gasteiger partial charge < -0.3 is 15.1 Å². The van der Waals surface area contributed by atoms with E-state index < -0.39 is 6.04 Å². The van der Waals surface area contributed by atoms with E-state index in [0.717, 1.165) is 30.8 Å². The van der Waals surface area contributed by atoms with Gasteiger partial charge in [-0.25, -0.2) is 9.89 Å². The average molecular weight is 533 g/mol. The summed E-state index contributed by atoms with van der Waals surface area (Å²) in [6.07, 6.45) is 0.849. The third-order valence-electron chi connectivity index (χ3n) is 7.02. The molecule has 0 bridgehead atoms. The molecule has 0 saturated carbocycles. The minimum Gasteiger partial charge on any atom is -0.368 e. The van der Waals surface area contributed by atoms with E-state index in [1.54, 1.807) is 0 Å². The Hall–Kier alpha value is -3.66. The number of hydrogen-bond acceptors (Lipinski definition) is 7. The number of amidine groups is 2. The van der Waals surface area contributed by atoms with Crippen LogP contribution in [0.25, 0.3) is 0 Å². The largest absolute Gasteiger partial charge is 0.368 e. The number of nitrogens with zero attached hydrogens (tertiary/aromatic N) is 5. The van der Waals surface area contributed by atoms with Crippen LogP contribution in [0.1, 0.15) is 32.3 Å². The molecule has 1 saturated heterocycles. The normalized spacial score (nSPS) is 19.4. The number of thioether (sulfide) groups is 1. The average Bonchev–Trinajstić information content (AvgIpc) is 3.28. The Kier molecular flexibility index (Phi) is 7.78. The molecular formula is C28H32N6O3S. The van der Waals surface area contributed by atoms with Gasteiger partial charge in [-0.1, -0.05) is 49.0 Å². The van der Waals surface area contributed by atoms with Crippen molar-refractivity contribution in [2.75, 3.05) is 36.8 Å². The Morgan fingerprint density at radius 3 is 2.50 bits per heavy atom. The molecule has 3 aliphatic heterocycles. The molecule has 3 aliphatic rings. The molecule has 3 amide bonds. The summed E-state index contributed by atoms with van der Waals surface area (Å²) in [7, 11) is 0. The quantitative estimate of drug-likeness (QED) is 0.591. The second kappa shape index (κ2) is 11.4. The number of benzene rings is 2. The summed E-state index contributed by atoms with van der Waals surface area (Å²) >= 11 is 1.21. The zero-order valence-corrected chi connectivity index (χ0v) is 22.5. The van der Waals surface area contributed by atoms with Gasteiger partial charge in [-0.05, 0) is 37.6 Å². The van der Waals surface area contributed by atoms with Gasteiger partial charge in [0.2, 0.25) is 11.8 Å². The number of para-hydroxylation sites is 2. The Bertz CT molecular complexity index is 1270. The highest BCUT2D eigenvalue weighted by atomic mass is 32.2. The summed E-state index contributed by atoms with van der Waals surface area (Å²) in [5.41, 5.74) is 2.60. The van der Waals surface area contributed by atoms with Crippen LogP contribution in [0.4, 0.5) is 11.4 Å². The number of hydrogen-bond donors (Lipinski definition) is 1. The van der Waals surface area contributed by atoms with Gasteiger partial charge in [0.1, 0.15) is 11.9 Å². The van der Waals surface area contributed by atoms with E-state index in [4.69, 9.17) is 4.99 Å². The van der Waals surface area contributed by atoms with Crippen molar-refractivity contribution >= 4 is 51.9 Å². The number of nitrogens with one attached hydrogen (secondary N) is 1. The number of amides is 3. The molecule has 0 radical (unpaired) electrons. The van der Waals surface area contributed by atoms with Crippen molar-refractivity contribution in [1.82, 2.24) is 15.1 Å². The first-order valence-electron chi connectivity index (χ1n) is 13.0. The van der Waals surface area contributed by atoms with Gasteiger partial charge in [0, 0.05) is 43.5 Å². The molecule has 3 heterocycles. The number of rotatable bonds is 7. The van der Waals surface area contributed by atoms with Crippen molar-refractivity contribution in [3.05, 3.63) is 60.2 Å². The molecule has 0 aromatic heterocycles.